The molecule has 0 saturated carbocycles. The lowest BCUT2D eigenvalue weighted by molar-refractivity contribution is -0.113. The van der Waals surface area contributed by atoms with Crippen LogP contribution in [0, 0.1) is 0 Å². The summed E-state index contributed by atoms with van der Waals surface area (Å²) in [5.41, 5.74) is 0.511. The zero-order chi connectivity index (χ0) is 15.5. The van der Waals surface area contributed by atoms with Crippen LogP contribution in [0.15, 0.2) is 29.7 Å². The Morgan fingerprint density at radius 1 is 1.41 bits per heavy atom. The van der Waals surface area contributed by atoms with Crippen molar-refractivity contribution in [1.82, 2.24) is 9.55 Å². The zero-order valence-electron chi connectivity index (χ0n) is 11.8. The van der Waals surface area contributed by atoms with Crippen molar-refractivity contribution in [3.63, 3.8) is 0 Å². The van der Waals surface area contributed by atoms with Crippen molar-refractivity contribution in [2.24, 2.45) is 7.05 Å². The number of aryl methyl sites for hydroxylation is 1. The second kappa shape index (κ2) is 6.50. The van der Waals surface area contributed by atoms with Crippen molar-refractivity contribution in [3.8, 4) is 11.5 Å². The number of amides is 1. The minimum Gasteiger partial charge on any atom is -0.486 e. The summed E-state index contributed by atoms with van der Waals surface area (Å²) in [7, 11) is 1.88. The molecule has 0 radical (unpaired) electrons. The normalized spacial score (nSPS) is 13.0. The molecule has 1 amide bonds. The number of imidazole rings is 1. The number of carbonyl (C=O) groups is 1. The minimum atomic E-state index is -0.161. The quantitative estimate of drug-likeness (QED) is 0.867. The summed E-state index contributed by atoms with van der Waals surface area (Å²) in [4.78, 5) is 16.2. The molecule has 22 heavy (non-hydrogen) atoms. The van der Waals surface area contributed by atoms with Crippen LogP contribution in [0.3, 0.4) is 0 Å². The van der Waals surface area contributed by atoms with E-state index >= 15 is 0 Å². The van der Waals surface area contributed by atoms with Crippen molar-refractivity contribution < 1.29 is 14.3 Å². The van der Waals surface area contributed by atoms with E-state index in [0.717, 1.165) is 5.16 Å². The molecule has 1 aromatic carbocycles. The first kappa shape index (κ1) is 15.1. The molecule has 0 aliphatic carbocycles. The molecule has 0 fully saturated rings. The van der Waals surface area contributed by atoms with E-state index in [0.29, 0.717) is 35.4 Å². The molecule has 0 saturated heterocycles. The highest BCUT2D eigenvalue weighted by Crippen LogP contribution is 2.38. The molecule has 1 aromatic heterocycles. The van der Waals surface area contributed by atoms with Gasteiger partial charge in [0.05, 0.1) is 16.5 Å². The van der Waals surface area contributed by atoms with E-state index in [1.54, 1.807) is 18.3 Å². The number of fused-ring (bicyclic) bond motifs is 1. The van der Waals surface area contributed by atoms with Gasteiger partial charge in [0.25, 0.3) is 0 Å². The molecule has 1 aliphatic rings. The Bertz CT molecular complexity index is 705. The lowest BCUT2D eigenvalue weighted by Crippen LogP contribution is -2.17. The lowest BCUT2D eigenvalue weighted by Gasteiger charge is -2.20. The van der Waals surface area contributed by atoms with E-state index in [4.69, 9.17) is 21.1 Å². The molecule has 0 unspecified atom stereocenters. The molecule has 3 rings (SSSR count). The largest absolute Gasteiger partial charge is 0.486 e. The number of rotatable bonds is 4. The van der Waals surface area contributed by atoms with Gasteiger partial charge < -0.3 is 19.4 Å². The van der Waals surface area contributed by atoms with Crippen LogP contribution in [-0.2, 0) is 11.8 Å². The number of ether oxygens (including phenoxy) is 2. The molecule has 0 spiro atoms. The Kier molecular flexibility index (Phi) is 4.44. The van der Waals surface area contributed by atoms with E-state index in [-0.39, 0.29) is 11.7 Å². The topological polar surface area (TPSA) is 65.4 Å². The Morgan fingerprint density at radius 3 is 2.82 bits per heavy atom. The van der Waals surface area contributed by atoms with Gasteiger partial charge in [-0.1, -0.05) is 23.4 Å². The third-order valence-electron chi connectivity index (χ3n) is 3.02. The molecule has 2 heterocycles. The molecule has 8 heteroatoms. The summed E-state index contributed by atoms with van der Waals surface area (Å²) < 4.78 is 12.8. The summed E-state index contributed by atoms with van der Waals surface area (Å²) in [6.45, 7) is 0.979. The van der Waals surface area contributed by atoms with Gasteiger partial charge in [0.2, 0.25) is 5.91 Å². The van der Waals surface area contributed by atoms with E-state index in [9.17, 15) is 4.79 Å². The van der Waals surface area contributed by atoms with Crippen molar-refractivity contribution >= 4 is 35.0 Å². The number of anilines is 1. The maximum Gasteiger partial charge on any atom is 0.234 e. The fraction of sp³-hybridized carbons (Fsp3) is 0.286. The number of aromatic nitrogens is 2. The second-order valence-corrected chi connectivity index (χ2v) is 5.98. The van der Waals surface area contributed by atoms with Crippen LogP contribution in [0.2, 0.25) is 5.02 Å². The minimum absolute atomic E-state index is 0.161. The van der Waals surface area contributed by atoms with Gasteiger partial charge in [-0.3, -0.25) is 4.79 Å². The number of halogens is 1. The highest BCUT2D eigenvalue weighted by molar-refractivity contribution is 7.99. The van der Waals surface area contributed by atoms with Crippen molar-refractivity contribution in [2.45, 2.75) is 5.16 Å². The zero-order valence-corrected chi connectivity index (χ0v) is 13.4. The van der Waals surface area contributed by atoms with Crippen LogP contribution in [-0.4, -0.2) is 34.4 Å². The maximum atomic E-state index is 12.0. The standard InChI is InChI=1S/C14H14ClN3O3S/c1-18-3-2-16-14(18)22-8-13(19)17-10-7-12-11(6-9(10)15)20-4-5-21-12/h2-3,6-7H,4-5,8H2,1H3,(H,17,19). The predicted octanol–water partition coefficient (Wildman–Crippen LogP) is 2.58. The Balaban J connectivity index is 1.65. The van der Waals surface area contributed by atoms with E-state index in [1.807, 2.05) is 17.8 Å². The molecule has 1 N–H and O–H groups in total. The Morgan fingerprint density at radius 2 is 2.14 bits per heavy atom. The first-order valence-electron chi connectivity index (χ1n) is 6.62. The second-order valence-electron chi connectivity index (χ2n) is 4.63. The van der Waals surface area contributed by atoms with Crippen LogP contribution in [0.25, 0.3) is 0 Å². The molecule has 2 aromatic rings. The van der Waals surface area contributed by atoms with Gasteiger partial charge in [0.1, 0.15) is 13.2 Å². The molecule has 0 bridgehead atoms. The number of nitrogens with one attached hydrogen (secondary N) is 1. The van der Waals surface area contributed by atoms with Gasteiger partial charge in [0, 0.05) is 31.6 Å². The molecule has 116 valence electrons. The highest BCUT2D eigenvalue weighted by atomic mass is 35.5. The smallest absolute Gasteiger partial charge is 0.234 e. The lowest BCUT2D eigenvalue weighted by atomic mass is 10.2. The highest BCUT2D eigenvalue weighted by Gasteiger charge is 2.16. The van der Waals surface area contributed by atoms with E-state index in [1.165, 1.54) is 11.8 Å². The Hall–Kier alpha value is -1.86. The first-order valence-corrected chi connectivity index (χ1v) is 7.99. The van der Waals surface area contributed by atoms with Crippen molar-refractivity contribution in [1.29, 1.82) is 0 Å². The number of hydrogen-bond acceptors (Lipinski definition) is 5. The number of thioether (sulfide) groups is 1. The number of benzene rings is 1. The molecule has 0 atom stereocenters. The van der Waals surface area contributed by atoms with Crippen LogP contribution in [0.1, 0.15) is 0 Å². The summed E-state index contributed by atoms with van der Waals surface area (Å²) in [5, 5.41) is 3.98. The van der Waals surface area contributed by atoms with Crippen LogP contribution >= 0.6 is 23.4 Å². The number of nitrogens with zero attached hydrogens (tertiary/aromatic N) is 2. The molecular weight excluding hydrogens is 326 g/mol. The van der Waals surface area contributed by atoms with Gasteiger partial charge in [-0.15, -0.1) is 0 Å². The molecular formula is C14H14ClN3O3S. The Labute approximate surface area is 136 Å². The van der Waals surface area contributed by atoms with Crippen LogP contribution in [0.5, 0.6) is 11.5 Å². The number of carbonyl (C=O) groups excluding carboxylic acids is 1. The number of hydrogen-bond donors (Lipinski definition) is 1. The molecule has 1 aliphatic heterocycles. The third kappa shape index (κ3) is 3.31. The van der Waals surface area contributed by atoms with Crippen LogP contribution < -0.4 is 14.8 Å². The van der Waals surface area contributed by atoms with Gasteiger partial charge in [-0.2, -0.15) is 0 Å². The summed E-state index contributed by atoms with van der Waals surface area (Å²) >= 11 is 7.51. The predicted molar refractivity (Wildman–Crippen MR) is 85.0 cm³/mol. The monoisotopic (exact) mass is 339 g/mol. The average Bonchev–Trinajstić information content (AvgIpc) is 2.91. The van der Waals surface area contributed by atoms with Gasteiger partial charge in [-0.25, -0.2) is 4.98 Å². The fourth-order valence-corrected chi connectivity index (χ4v) is 2.90. The van der Waals surface area contributed by atoms with Crippen molar-refractivity contribution in [3.05, 3.63) is 29.5 Å². The summed E-state index contributed by atoms with van der Waals surface area (Å²) in [5.74, 6) is 1.27. The first-order chi connectivity index (χ1) is 10.6. The van der Waals surface area contributed by atoms with Gasteiger partial charge in [0.15, 0.2) is 16.7 Å². The van der Waals surface area contributed by atoms with Gasteiger partial charge in [-0.05, 0) is 0 Å². The van der Waals surface area contributed by atoms with E-state index in [2.05, 4.69) is 10.3 Å². The summed E-state index contributed by atoms with van der Waals surface area (Å²) in [6.07, 6.45) is 3.52. The summed E-state index contributed by atoms with van der Waals surface area (Å²) in [6, 6.07) is 3.33. The van der Waals surface area contributed by atoms with Crippen molar-refractivity contribution in [2.75, 3.05) is 24.3 Å². The van der Waals surface area contributed by atoms with Gasteiger partial charge >= 0.3 is 0 Å². The fourth-order valence-electron chi connectivity index (χ4n) is 1.97. The molecule has 6 nitrogen and oxygen atoms in total. The maximum absolute atomic E-state index is 12.0. The SMILES string of the molecule is Cn1ccnc1SCC(=O)Nc1cc2c(cc1Cl)OCCO2. The third-order valence-corrected chi connectivity index (χ3v) is 4.39. The average molecular weight is 340 g/mol. The van der Waals surface area contributed by atoms with Crippen LogP contribution in [0.4, 0.5) is 5.69 Å². The van der Waals surface area contributed by atoms with E-state index < -0.39 is 0 Å².